The van der Waals surface area contributed by atoms with Crippen LogP contribution in [0.5, 0.6) is 5.75 Å². The molecular weight excluding hydrogens is 490 g/mol. The molecule has 0 radical (unpaired) electrons. The first-order valence-corrected chi connectivity index (χ1v) is 12.7. The summed E-state index contributed by atoms with van der Waals surface area (Å²) in [5.74, 6) is -4.12. The maximum atomic E-state index is 13.5. The van der Waals surface area contributed by atoms with Crippen molar-refractivity contribution in [1.29, 1.82) is 0 Å². The van der Waals surface area contributed by atoms with Gasteiger partial charge in [-0.1, -0.05) is 36.4 Å². The van der Waals surface area contributed by atoms with Gasteiger partial charge in [-0.3, -0.25) is 0 Å². The van der Waals surface area contributed by atoms with E-state index in [1.54, 1.807) is 6.08 Å². The van der Waals surface area contributed by atoms with Gasteiger partial charge in [0.2, 0.25) is 5.79 Å². The molecule has 0 spiro atoms. The number of rotatable bonds is 3. The van der Waals surface area contributed by atoms with Crippen LogP contribution in [0.15, 0.2) is 60.7 Å². The number of ether oxygens (including phenoxy) is 2. The molecule has 0 bridgehead atoms. The quantitative estimate of drug-likeness (QED) is 0.137. The van der Waals surface area contributed by atoms with Crippen molar-refractivity contribution in [3.05, 3.63) is 66.4 Å². The number of carbonyl (C=O) groups excluding carboxylic acids is 1. The second-order valence-corrected chi connectivity index (χ2v) is 10.7. The minimum atomic E-state index is -2.61. The summed E-state index contributed by atoms with van der Waals surface area (Å²) in [7, 11) is 0. The van der Waals surface area contributed by atoms with Crippen molar-refractivity contribution in [2.75, 3.05) is 0 Å². The lowest BCUT2D eigenvalue weighted by atomic mass is 9.68. The van der Waals surface area contributed by atoms with E-state index in [4.69, 9.17) is 9.47 Å². The van der Waals surface area contributed by atoms with Crippen LogP contribution in [-0.4, -0.2) is 65.7 Å². The summed E-state index contributed by atoms with van der Waals surface area (Å²) in [6.07, 6.45) is 0.329. The summed E-state index contributed by atoms with van der Waals surface area (Å²) >= 11 is 0. The zero-order valence-corrected chi connectivity index (χ0v) is 20.3. The Morgan fingerprint density at radius 2 is 1.84 bits per heavy atom. The Morgan fingerprint density at radius 1 is 1.08 bits per heavy atom. The molecule has 2 aliphatic carbocycles. The standard InChI is InChI=1S/C29H27NO8/c31-14-21-23(22-19-13-16-5-2-1-4-15(16)12-17(19)7-8-20(22)30-21)37-26(33)24-25(32)28(35)11-9-18-6-3-10-27(18,34)29(28,36)38-24/h1-2,4-5,7-9,11-13,18,24-25,30-32,34-36H,3,6,10,14H2/t18-,24-,25+,27-,28-,29+/m1/s1. The number of esters is 1. The molecule has 6 N–H and O–H groups in total. The van der Waals surface area contributed by atoms with Crippen molar-refractivity contribution >= 4 is 38.4 Å². The summed E-state index contributed by atoms with van der Waals surface area (Å²) in [5, 5.41) is 59.4. The SMILES string of the molecule is O=C(Oc1c(CO)[nH]c2ccc3cc4ccccc4cc3c12)[C@@H]1O[C@]2(O)[C@@](O)(C=C[C@H]3CCC[C@@]32O)[C@H]1O. The number of aromatic amines is 1. The van der Waals surface area contributed by atoms with Gasteiger partial charge in [0.15, 0.2) is 17.5 Å². The van der Waals surface area contributed by atoms with Crippen LogP contribution in [0, 0.1) is 5.92 Å². The molecule has 196 valence electrons. The summed E-state index contributed by atoms with van der Waals surface area (Å²) in [5.41, 5.74) is -3.42. The van der Waals surface area contributed by atoms with Crippen LogP contribution in [0.25, 0.3) is 32.4 Å². The van der Waals surface area contributed by atoms with Gasteiger partial charge in [0.1, 0.15) is 11.7 Å². The van der Waals surface area contributed by atoms with Crippen LogP contribution < -0.4 is 4.74 Å². The lowest BCUT2D eigenvalue weighted by molar-refractivity contribution is -0.342. The molecule has 1 aliphatic heterocycles. The summed E-state index contributed by atoms with van der Waals surface area (Å²) in [6.45, 7) is -0.460. The van der Waals surface area contributed by atoms with Gasteiger partial charge in [0.25, 0.3) is 0 Å². The number of fused-ring (bicyclic) bond motifs is 7. The van der Waals surface area contributed by atoms with Crippen LogP contribution in [-0.2, 0) is 16.1 Å². The third-order valence-corrected chi connectivity index (χ3v) is 8.70. The zero-order chi connectivity index (χ0) is 26.4. The van der Waals surface area contributed by atoms with E-state index >= 15 is 0 Å². The first-order valence-electron chi connectivity index (χ1n) is 12.7. The Kier molecular flexibility index (Phi) is 4.92. The topological polar surface area (TPSA) is 152 Å². The number of aromatic nitrogens is 1. The van der Waals surface area contributed by atoms with E-state index in [1.807, 2.05) is 48.5 Å². The van der Waals surface area contributed by atoms with E-state index in [0.717, 1.165) is 21.5 Å². The monoisotopic (exact) mass is 517 g/mol. The molecular formula is C29H27NO8. The van der Waals surface area contributed by atoms with Crippen molar-refractivity contribution in [2.45, 2.75) is 55.1 Å². The highest BCUT2D eigenvalue weighted by molar-refractivity contribution is 6.14. The van der Waals surface area contributed by atoms with Crippen LogP contribution in [0.3, 0.4) is 0 Å². The fourth-order valence-electron chi connectivity index (χ4n) is 6.68. The van der Waals surface area contributed by atoms with Crippen molar-refractivity contribution in [2.24, 2.45) is 5.92 Å². The maximum absolute atomic E-state index is 13.5. The van der Waals surface area contributed by atoms with Crippen LogP contribution >= 0.6 is 0 Å². The Morgan fingerprint density at radius 3 is 2.61 bits per heavy atom. The second kappa shape index (κ2) is 7.86. The summed E-state index contributed by atoms with van der Waals surface area (Å²) < 4.78 is 11.4. The number of benzene rings is 3. The zero-order valence-electron chi connectivity index (χ0n) is 20.3. The molecule has 2 fully saturated rings. The van der Waals surface area contributed by atoms with E-state index in [0.29, 0.717) is 23.7 Å². The summed E-state index contributed by atoms with van der Waals surface area (Å²) in [4.78, 5) is 16.6. The van der Waals surface area contributed by atoms with Gasteiger partial charge < -0.3 is 40.0 Å². The molecule has 2 heterocycles. The highest BCUT2D eigenvalue weighted by atomic mass is 16.7. The number of hydrogen-bond donors (Lipinski definition) is 6. The van der Waals surface area contributed by atoms with Crippen molar-refractivity contribution < 1.29 is 39.8 Å². The molecule has 1 saturated carbocycles. The third-order valence-electron chi connectivity index (χ3n) is 8.70. The summed E-state index contributed by atoms with van der Waals surface area (Å²) in [6, 6.07) is 15.6. The number of aliphatic hydroxyl groups is 5. The Bertz CT molecular complexity index is 1660. The fourth-order valence-corrected chi connectivity index (χ4v) is 6.68. The number of carbonyl (C=O) groups is 1. The van der Waals surface area contributed by atoms with Gasteiger partial charge in [0.05, 0.1) is 23.2 Å². The molecule has 0 amide bonds. The molecule has 4 aromatic rings. The van der Waals surface area contributed by atoms with Crippen LogP contribution in [0.4, 0.5) is 0 Å². The number of hydrogen-bond acceptors (Lipinski definition) is 8. The predicted octanol–water partition coefficient (Wildman–Crippen LogP) is 2.15. The first kappa shape index (κ1) is 23.8. The third kappa shape index (κ3) is 2.88. The second-order valence-electron chi connectivity index (χ2n) is 10.7. The fraction of sp³-hybridized carbons (Fsp3) is 0.345. The molecule has 6 atom stereocenters. The average Bonchev–Trinajstić information content (AvgIpc) is 3.54. The van der Waals surface area contributed by atoms with Gasteiger partial charge in [-0.15, -0.1) is 0 Å². The van der Waals surface area contributed by atoms with E-state index < -0.39 is 47.7 Å². The van der Waals surface area contributed by atoms with Gasteiger partial charge in [-0.2, -0.15) is 0 Å². The van der Waals surface area contributed by atoms with Crippen LogP contribution in [0.2, 0.25) is 0 Å². The molecule has 38 heavy (non-hydrogen) atoms. The normalized spacial score (nSPS) is 34.2. The van der Waals surface area contributed by atoms with Crippen LogP contribution in [0.1, 0.15) is 25.0 Å². The number of aliphatic hydroxyl groups excluding tert-OH is 2. The smallest absolute Gasteiger partial charge is 0.343 e. The Balaban J connectivity index is 1.31. The van der Waals surface area contributed by atoms with Gasteiger partial charge in [0, 0.05) is 5.92 Å². The van der Waals surface area contributed by atoms with E-state index in [2.05, 4.69) is 4.98 Å². The molecule has 3 aromatic carbocycles. The molecule has 9 heteroatoms. The van der Waals surface area contributed by atoms with E-state index in [9.17, 15) is 30.3 Å². The van der Waals surface area contributed by atoms with E-state index in [1.165, 1.54) is 6.08 Å². The lowest BCUT2D eigenvalue weighted by Gasteiger charge is -2.49. The molecule has 1 saturated heterocycles. The number of H-pyrrole nitrogens is 1. The maximum Gasteiger partial charge on any atom is 0.343 e. The Hall–Kier alpha value is -3.31. The van der Waals surface area contributed by atoms with Crippen molar-refractivity contribution in [3.8, 4) is 5.75 Å². The lowest BCUT2D eigenvalue weighted by Crippen LogP contribution is -2.70. The minimum absolute atomic E-state index is 0.0611. The largest absolute Gasteiger partial charge is 0.422 e. The van der Waals surface area contributed by atoms with E-state index in [-0.39, 0.29) is 17.9 Å². The van der Waals surface area contributed by atoms with Gasteiger partial charge >= 0.3 is 5.97 Å². The molecule has 1 aromatic heterocycles. The van der Waals surface area contributed by atoms with Gasteiger partial charge in [-0.05, 0) is 65.1 Å². The van der Waals surface area contributed by atoms with Crippen molar-refractivity contribution in [1.82, 2.24) is 4.98 Å². The highest BCUT2D eigenvalue weighted by Gasteiger charge is 2.76. The predicted molar refractivity (Wildman–Crippen MR) is 137 cm³/mol. The number of nitrogens with one attached hydrogen (secondary N) is 1. The molecule has 9 nitrogen and oxygen atoms in total. The first-order chi connectivity index (χ1) is 18.2. The average molecular weight is 518 g/mol. The highest BCUT2D eigenvalue weighted by Crippen LogP contribution is 2.57. The van der Waals surface area contributed by atoms with Crippen molar-refractivity contribution in [3.63, 3.8) is 0 Å². The molecule has 7 rings (SSSR count). The minimum Gasteiger partial charge on any atom is -0.422 e. The Labute approximate surface area is 216 Å². The van der Waals surface area contributed by atoms with Gasteiger partial charge in [-0.25, -0.2) is 4.79 Å². The molecule has 3 aliphatic rings. The molecule has 0 unspecified atom stereocenters.